The van der Waals surface area contributed by atoms with Crippen LogP contribution in [0.5, 0.6) is 0 Å². The van der Waals surface area contributed by atoms with Gasteiger partial charge in [-0.3, -0.25) is 9.59 Å². The van der Waals surface area contributed by atoms with Crippen LogP contribution in [0.25, 0.3) is 0 Å². The second-order valence-electron chi connectivity index (χ2n) is 22.5. The number of unbranched alkanes of at least 4 members (excludes halogenated alkanes) is 48. The van der Waals surface area contributed by atoms with Crippen molar-refractivity contribution in [3.05, 3.63) is 12.2 Å². The molecule has 0 rings (SSSR count). The SMILES string of the molecule is CCCCCCCCCCCCCCCCC(O)C(CO)NC(=O)CCCCCCCCCCCCCC/C=C\CCCCCCCCCCCCCCOC(=O)CCCCCCCCCCCCCC. The minimum Gasteiger partial charge on any atom is -0.466 e. The van der Waals surface area contributed by atoms with E-state index in [1.807, 2.05) is 0 Å². The Labute approximate surface area is 444 Å². The molecule has 71 heavy (non-hydrogen) atoms. The van der Waals surface area contributed by atoms with Crippen molar-refractivity contribution >= 4 is 11.9 Å². The van der Waals surface area contributed by atoms with Gasteiger partial charge in [0.25, 0.3) is 0 Å². The van der Waals surface area contributed by atoms with Gasteiger partial charge in [-0.05, 0) is 51.4 Å². The first-order valence-electron chi connectivity index (χ1n) is 32.4. The van der Waals surface area contributed by atoms with Crippen LogP contribution in [0, 0.1) is 0 Å². The average Bonchev–Trinajstić information content (AvgIpc) is 3.37. The van der Waals surface area contributed by atoms with Crippen LogP contribution in [0.3, 0.4) is 0 Å². The van der Waals surface area contributed by atoms with Crippen LogP contribution in [-0.4, -0.2) is 47.4 Å². The molecule has 6 nitrogen and oxygen atoms in total. The third-order valence-electron chi connectivity index (χ3n) is 15.3. The molecule has 1 amide bonds. The van der Waals surface area contributed by atoms with Crippen molar-refractivity contribution in [2.45, 2.75) is 379 Å². The molecule has 0 bridgehead atoms. The fraction of sp³-hybridized carbons (Fsp3) is 0.938. The summed E-state index contributed by atoms with van der Waals surface area (Å²) in [5, 5.41) is 23.3. The molecular weight excluding hydrogens is 875 g/mol. The second kappa shape index (κ2) is 61.1. The number of esters is 1. The minimum absolute atomic E-state index is 0.0171. The molecule has 2 atom stereocenters. The molecule has 0 fully saturated rings. The highest BCUT2D eigenvalue weighted by atomic mass is 16.5. The van der Waals surface area contributed by atoms with Gasteiger partial charge in [0.1, 0.15) is 0 Å². The maximum atomic E-state index is 12.5. The van der Waals surface area contributed by atoms with Crippen molar-refractivity contribution in [1.82, 2.24) is 5.32 Å². The van der Waals surface area contributed by atoms with Crippen LogP contribution in [0.2, 0.25) is 0 Å². The topological polar surface area (TPSA) is 95.9 Å². The van der Waals surface area contributed by atoms with Crippen LogP contribution in [0.15, 0.2) is 12.2 Å². The van der Waals surface area contributed by atoms with Gasteiger partial charge in [-0.25, -0.2) is 0 Å². The van der Waals surface area contributed by atoms with E-state index in [4.69, 9.17) is 4.74 Å². The molecule has 0 aliphatic carbocycles. The van der Waals surface area contributed by atoms with Crippen molar-refractivity contribution in [1.29, 1.82) is 0 Å². The Hall–Kier alpha value is -1.40. The van der Waals surface area contributed by atoms with Gasteiger partial charge in [0.05, 0.1) is 25.4 Å². The number of hydrogen-bond donors (Lipinski definition) is 3. The summed E-state index contributed by atoms with van der Waals surface area (Å²) in [4.78, 5) is 24.5. The van der Waals surface area contributed by atoms with E-state index >= 15 is 0 Å². The molecule has 0 radical (unpaired) electrons. The molecular formula is C65H127NO5. The Balaban J connectivity index is 3.36. The Morgan fingerprint density at radius 2 is 0.662 bits per heavy atom. The Morgan fingerprint density at radius 3 is 1.00 bits per heavy atom. The zero-order chi connectivity index (χ0) is 51.4. The predicted molar refractivity (Wildman–Crippen MR) is 310 cm³/mol. The van der Waals surface area contributed by atoms with E-state index in [1.54, 1.807) is 0 Å². The number of allylic oxidation sites excluding steroid dienone is 2. The lowest BCUT2D eigenvalue weighted by Gasteiger charge is -2.22. The van der Waals surface area contributed by atoms with Crippen LogP contribution in [0.4, 0.5) is 0 Å². The van der Waals surface area contributed by atoms with Gasteiger partial charge in [-0.1, -0.05) is 315 Å². The van der Waals surface area contributed by atoms with Gasteiger partial charge >= 0.3 is 5.97 Å². The molecule has 0 aliphatic rings. The van der Waals surface area contributed by atoms with Gasteiger partial charge in [0.15, 0.2) is 0 Å². The summed E-state index contributed by atoms with van der Waals surface area (Å²) in [6, 6.07) is -0.540. The summed E-state index contributed by atoms with van der Waals surface area (Å²) in [6.45, 7) is 4.98. The molecule has 0 spiro atoms. The maximum Gasteiger partial charge on any atom is 0.305 e. The molecule has 0 aromatic rings. The highest BCUT2D eigenvalue weighted by Gasteiger charge is 2.20. The lowest BCUT2D eigenvalue weighted by atomic mass is 10.0. The van der Waals surface area contributed by atoms with E-state index < -0.39 is 12.1 Å². The van der Waals surface area contributed by atoms with Crippen LogP contribution in [0.1, 0.15) is 367 Å². The number of ether oxygens (including phenoxy) is 1. The first-order valence-corrected chi connectivity index (χ1v) is 32.4. The first-order chi connectivity index (χ1) is 35.0. The lowest BCUT2D eigenvalue weighted by molar-refractivity contribution is -0.143. The van der Waals surface area contributed by atoms with Crippen LogP contribution < -0.4 is 5.32 Å². The van der Waals surface area contributed by atoms with Gasteiger partial charge < -0.3 is 20.3 Å². The Morgan fingerprint density at radius 1 is 0.380 bits per heavy atom. The van der Waals surface area contributed by atoms with Gasteiger partial charge in [0.2, 0.25) is 5.91 Å². The molecule has 0 aromatic carbocycles. The van der Waals surface area contributed by atoms with E-state index in [-0.39, 0.29) is 18.5 Å². The fourth-order valence-electron chi connectivity index (χ4n) is 10.3. The number of carbonyl (C=O) groups is 2. The molecule has 0 aromatic heterocycles. The molecule has 2 unspecified atom stereocenters. The molecule has 3 N–H and O–H groups in total. The summed E-state index contributed by atoms with van der Waals surface area (Å²) in [5.41, 5.74) is 0. The molecule has 0 saturated heterocycles. The summed E-state index contributed by atoms with van der Waals surface area (Å²) in [6.07, 6.45) is 73.8. The number of hydrogen-bond acceptors (Lipinski definition) is 5. The van der Waals surface area contributed by atoms with Crippen molar-refractivity contribution in [3.63, 3.8) is 0 Å². The average molecular weight is 1000 g/mol. The quantitative estimate of drug-likeness (QED) is 0.0320. The van der Waals surface area contributed by atoms with E-state index in [9.17, 15) is 19.8 Å². The van der Waals surface area contributed by atoms with E-state index in [0.29, 0.717) is 25.9 Å². The molecule has 422 valence electrons. The summed E-state index contributed by atoms with van der Waals surface area (Å²) in [7, 11) is 0. The predicted octanol–water partition coefficient (Wildman–Crippen LogP) is 20.4. The number of amides is 1. The molecule has 0 aliphatic heterocycles. The largest absolute Gasteiger partial charge is 0.466 e. The minimum atomic E-state index is -0.663. The number of aliphatic hydroxyl groups excluding tert-OH is 2. The normalized spacial score (nSPS) is 12.6. The Kier molecular flexibility index (Phi) is 59.9. The number of rotatable bonds is 61. The molecule has 6 heteroatoms. The Bertz CT molecular complexity index is 1060. The number of carbonyl (C=O) groups excluding carboxylic acids is 2. The maximum absolute atomic E-state index is 12.5. The third-order valence-corrected chi connectivity index (χ3v) is 15.3. The second-order valence-corrected chi connectivity index (χ2v) is 22.5. The first kappa shape index (κ1) is 69.6. The third kappa shape index (κ3) is 57.7. The summed E-state index contributed by atoms with van der Waals surface area (Å²) >= 11 is 0. The van der Waals surface area contributed by atoms with E-state index in [2.05, 4.69) is 31.3 Å². The van der Waals surface area contributed by atoms with Gasteiger partial charge in [-0.2, -0.15) is 0 Å². The van der Waals surface area contributed by atoms with Crippen molar-refractivity contribution in [2.75, 3.05) is 13.2 Å². The number of nitrogens with one attached hydrogen (secondary N) is 1. The smallest absolute Gasteiger partial charge is 0.305 e. The lowest BCUT2D eigenvalue weighted by Crippen LogP contribution is -2.45. The van der Waals surface area contributed by atoms with Crippen molar-refractivity contribution in [3.8, 4) is 0 Å². The molecule has 0 saturated carbocycles. The van der Waals surface area contributed by atoms with E-state index in [1.165, 1.54) is 295 Å². The van der Waals surface area contributed by atoms with Crippen molar-refractivity contribution < 1.29 is 24.5 Å². The van der Waals surface area contributed by atoms with Crippen LogP contribution in [-0.2, 0) is 14.3 Å². The standard InChI is InChI=1S/C65H127NO5/c1-3-5-7-9-11-13-15-17-34-37-41-45-49-53-57-63(68)62(61-67)66-64(69)58-54-50-46-42-38-35-32-30-28-26-24-22-20-18-19-21-23-25-27-29-31-33-36-40-44-48-52-56-60-71-65(70)59-55-51-47-43-39-16-14-12-10-8-6-4-2/h18-19,62-63,67-68H,3-17,20-61H2,1-2H3,(H,66,69)/b19-18-. The monoisotopic (exact) mass is 1000 g/mol. The fourth-order valence-corrected chi connectivity index (χ4v) is 10.3. The zero-order valence-electron chi connectivity index (χ0n) is 48.2. The summed E-state index contributed by atoms with van der Waals surface area (Å²) in [5.74, 6) is -0.0154. The van der Waals surface area contributed by atoms with Crippen molar-refractivity contribution in [2.24, 2.45) is 0 Å². The molecule has 0 heterocycles. The highest BCUT2D eigenvalue weighted by Crippen LogP contribution is 2.18. The number of aliphatic hydroxyl groups is 2. The zero-order valence-corrected chi connectivity index (χ0v) is 48.2. The summed E-state index contributed by atoms with van der Waals surface area (Å²) < 4.78 is 5.48. The van der Waals surface area contributed by atoms with E-state index in [0.717, 1.165) is 38.5 Å². The highest BCUT2D eigenvalue weighted by molar-refractivity contribution is 5.76. The van der Waals surface area contributed by atoms with Gasteiger partial charge in [0, 0.05) is 12.8 Å². The van der Waals surface area contributed by atoms with Gasteiger partial charge in [-0.15, -0.1) is 0 Å². The van der Waals surface area contributed by atoms with Crippen LogP contribution >= 0.6 is 0 Å².